The van der Waals surface area contributed by atoms with Crippen molar-refractivity contribution in [3.63, 3.8) is 0 Å². The first-order valence-corrected chi connectivity index (χ1v) is 4.55. The summed E-state index contributed by atoms with van der Waals surface area (Å²) >= 11 is 0. The Morgan fingerprint density at radius 3 is 3.13 bits per heavy atom. The van der Waals surface area contributed by atoms with Gasteiger partial charge in [0.2, 0.25) is 0 Å². The SMILES string of the molecule is O=C1N=CCn2c1cc1c(=O)[nH]ccc12. The Balaban J connectivity index is 2.48. The average molecular weight is 201 g/mol. The summed E-state index contributed by atoms with van der Waals surface area (Å²) in [6.07, 6.45) is 3.13. The molecular formula is C10H7N3O2. The van der Waals surface area contributed by atoms with E-state index in [9.17, 15) is 9.59 Å². The van der Waals surface area contributed by atoms with Crippen LogP contribution in [0, 0.1) is 0 Å². The van der Waals surface area contributed by atoms with E-state index in [1.165, 1.54) is 0 Å². The number of nitrogens with one attached hydrogen (secondary N) is 1. The number of aromatic amines is 1. The molecule has 0 aromatic carbocycles. The third-order valence-corrected chi connectivity index (χ3v) is 2.53. The molecule has 0 saturated carbocycles. The largest absolute Gasteiger partial charge is 0.331 e. The van der Waals surface area contributed by atoms with Gasteiger partial charge in [0.1, 0.15) is 5.69 Å². The topological polar surface area (TPSA) is 67.2 Å². The zero-order valence-corrected chi connectivity index (χ0v) is 7.73. The monoisotopic (exact) mass is 201 g/mol. The van der Waals surface area contributed by atoms with E-state index in [1.54, 1.807) is 29.1 Å². The lowest BCUT2D eigenvalue weighted by Crippen LogP contribution is -2.14. The number of nitrogens with zero attached hydrogens (tertiary/aromatic N) is 2. The molecule has 0 fully saturated rings. The number of aliphatic imine (C=N–C) groups is 1. The minimum atomic E-state index is -0.295. The number of rotatable bonds is 0. The van der Waals surface area contributed by atoms with Gasteiger partial charge in [-0.2, -0.15) is 0 Å². The van der Waals surface area contributed by atoms with Crippen LogP contribution in [0.25, 0.3) is 10.9 Å². The Morgan fingerprint density at radius 2 is 2.27 bits per heavy atom. The number of carbonyl (C=O) groups is 1. The van der Waals surface area contributed by atoms with E-state index in [-0.39, 0.29) is 11.5 Å². The van der Waals surface area contributed by atoms with Crippen LogP contribution in [0.2, 0.25) is 0 Å². The van der Waals surface area contributed by atoms with E-state index >= 15 is 0 Å². The second kappa shape index (κ2) is 2.66. The molecule has 0 unspecified atom stereocenters. The van der Waals surface area contributed by atoms with Crippen molar-refractivity contribution in [1.29, 1.82) is 0 Å². The number of carbonyl (C=O) groups excluding carboxylic acids is 1. The van der Waals surface area contributed by atoms with E-state index in [0.717, 1.165) is 5.52 Å². The van der Waals surface area contributed by atoms with Crippen LogP contribution in [0.4, 0.5) is 0 Å². The number of amides is 1. The van der Waals surface area contributed by atoms with Gasteiger partial charge in [-0.1, -0.05) is 0 Å². The molecule has 1 aliphatic rings. The molecule has 0 radical (unpaired) electrons. The summed E-state index contributed by atoms with van der Waals surface area (Å²) in [5.74, 6) is -0.295. The summed E-state index contributed by atoms with van der Waals surface area (Å²) < 4.78 is 1.79. The van der Waals surface area contributed by atoms with Gasteiger partial charge in [-0.3, -0.25) is 9.59 Å². The van der Waals surface area contributed by atoms with Crippen LogP contribution in [0.5, 0.6) is 0 Å². The number of fused-ring (bicyclic) bond motifs is 3. The summed E-state index contributed by atoms with van der Waals surface area (Å²) in [4.78, 5) is 29.2. The molecule has 5 heteroatoms. The maximum atomic E-state index is 11.5. The number of pyridine rings is 1. The number of hydrogen-bond donors (Lipinski definition) is 1. The number of hydrogen-bond acceptors (Lipinski definition) is 2. The summed E-state index contributed by atoms with van der Waals surface area (Å²) in [6.45, 7) is 0.536. The van der Waals surface area contributed by atoms with Crippen LogP contribution >= 0.6 is 0 Å². The molecule has 2 aromatic heterocycles. The van der Waals surface area contributed by atoms with Crippen molar-refractivity contribution in [3.8, 4) is 0 Å². The van der Waals surface area contributed by atoms with Crippen LogP contribution in [-0.2, 0) is 6.54 Å². The lowest BCUT2D eigenvalue weighted by Gasteiger charge is -2.08. The molecule has 1 aliphatic heterocycles. The molecule has 1 N–H and O–H groups in total. The first-order valence-electron chi connectivity index (χ1n) is 4.55. The highest BCUT2D eigenvalue weighted by Crippen LogP contribution is 2.18. The van der Waals surface area contributed by atoms with Gasteiger partial charge < -0.3 is 9.55 Å². The molecule has 3 rings (SSSR count). The predicted octanol–water partition coefficient (Wildman–Crippen LogP) is 0.554. The highest BCUT2D eigenvalue weighted by atomic mass is 16.1. The molecule has 3 heterocycles. The van der Waals surface area contributed by atoms with Crippen molar-refractivity contribution in [1.82, 2.24) is 9.55 Å². The van der Waals surface area contributed by atoms with E-state index in [2.05, 4.69) is 9.98 Å². The maximum Gasteiger partial charge on any atom is 0.293 e. The number of H-pyrrole nitrogens is 1. The Kier molecular flexibility index (Phi) is 1.45. The highest BCUT2D eigenvalue weighted by Gasteiger charge is 2.18. The predicted molar refractivity (Wildman–Crippen MR) is 55.4 cm³/mol. The van der Waals surface area contributed by atoms with Gasteiger partial charge in [-0.25, -0.2) is 4.99 Å². The summed E-state index contributed by atoms with van der Waals surface area (Å²) in [6, 6.07) is 3.37. The first-order chi connectivity index (χ1) is 7.27. The Morgan fingerprint density at radius 1 is 1.40 bits per heavy atom. The molecule has 0 saturated heterocycles. The van der Waals surface area contributed by atoms with E-state index in [4.69, 9.17) is 0 Å². The smallest absolute Gasteiger partial charge is 0.293 e. The quantitative estimate of drug-likeness (QED) is 0.676. The third-order valence-electron chi connectivity index (χ3n) is 2.53. The van der Waals surface area contributed by atoms with Gasteiger partial charge in [-0.05, 0) is 12.1 Å². The fourth-order valence-corrected chi connectivity index (χ4v) is 1.84. The molecule has 0 aliphatic carbocycles. The van der Waals surface area contributed by atoms with Crippen molar-refractivity contribution in [3.05, 3.63) is 34.4 Å². The standard InChI is InChI=1S/C10H7N3O2/c14-9-6-5-8-10(15)12-3-4-13(8)7(6)1-2-11-9/h1-3,5H,4H2,(H,11,14). The molecule has 1 amide bonds. The van der Waals surface area contributed by atoms with Crippen LogP contribution in [-0.4, -0.2) is 21.7 Å². The summed E-state index contributed by atoms with van der Waals surface area (Å²) in [5.41, 5.74) is 1.07. The zero-order chi connectivity index (χ0) is 10.4. The van der Waals surface area contributed by atoms with Crippen molar-refractivity contribution >= 4 is 23.0 Å². The molecule has 2 aromatic rings. The van der Waals surface area contributed by atoms with Gasteiger partial charge in [0.05, 0.1) is 17.4 Å². The minimum absolute atomic E-state index is 0.179. The van der Waals surface area contributed by atoms with Gasteiger partial charge >= 0.3 is 0 Å². The lowest BCUT2D eigenvalue weighted by molar-refractivity contribution is 0.0992. The van der Waals surface area contributed by atoms with E-state index < -0.39 is 0 Å². The third kappa shape index (κ3) is 0.999. The van der Waals surface area contributed by atoms with Crippen LogP contribution in [0.3, 0.4) is 0 Å². The minimum Gasteiger partial charge on any atom is -0.331 e. The second-order valence-electron chi connectivity index (χ2n) is 3.36. The van der Waals surface area contributed by atoms with Crippen LogP contribution < -0.4 is 5.56 Å². The normalized spacial score (nSPS) is 14.5. The highest BCUT2D eigenvalue weighted by molar-refractivity contribution is 6.04. The zero-order valence-electron chi connectivity index (χ0n) is 7.73. The molecule has 0 spiro atoms. The molecule has 15 heavy (non-hydrogen) atoms. The Bertz CT molecular complexity index is 648. The summed E-state index contributed by atoms with van der Waals surface area (Å²) in [5, 5.41) is 0.534. The molecule has 74 valence electrons. The van der Waals surface area contributed by atoms with E-state index in [1.807, 2.05) is 0 Å². The maximum absolute atomic E-state index is 11.5. The second-order valence-corrected chi connectivity index (χ2v) is 3.36. The van der Waals surface area contributed by atoms with Gasteiger partial charge in [0.25, 0.3) is 11.5 Å². The van der Waals surface area contributed by atoms with Crippen molar-refractivity contribution in [2.45, 2.75) is 6.54 Å². The molecule has 0 atom stereocenters. The van der Waals surface area contributed by atoms with Gasteiger partial charge in [0.15, 0.2) is 0 Å². The van der Waals surface area contributed by atoms with Crippen LogP contribution in [0.1, 0.15) is 10.5 Å². The van der Waals surface area contributed by atoms with Crippen molar-refractivity contribution in [2.75, 3.05) is 0 Å². The molecule has 5 nitrogen and oxygen atoms in total. The molecular weight excluding hydrogens is 194 g/mol. The van der Waals surface area contributed by atoms with Crippen molar-refractivity contribution < 1.29 is 4.79 Å². The van der Waals surface area contributed by atoms with Crippen molar-refractivity contribution in [2.24, 2.45) is 4.99 Å². The Labute approximate surface area is 84.1 Å². The fourth-order valence-electron chi connectivity index (χ4n) is 1.84. The average Bonchev–Trinajstić information content (AvgIpc) is 2.60. The summed E-state index contributed by atoms with van der Waals surface area (Å²) in [7, 11) is 0. The van der Waals surface area contributed by atoms with Gasteiger partial charge in [-0.15, -0.1) is 0 Å². The van der Waals surface area contributed by atoms with Gasteiger partial charge in [0, 0.05) is 12.4 Å². The lowest BCUT2D eigenvalue weighted by atomic mass is 10.3. The first kappa shape index (κ1) is 8.16. The Hall–Kier alpha value is -2.17. The number of aromatic nitrogens is 2. The molecule has 0 bridgehead atoms. The fraction of sp³-hybridized carbons (Fsp3) is 0.100. The van der Waals surface area contributed by atoms with Crippen LogP contribution in [0.15, 0.2) is 28.1 Å². The van der Waals surface area contributed by atoms with E-state index in [0.29, 0.717) is 17.6 Å².